The minimum Gasteiger partial charge on any atom is -0.305 e. The Balaban J connectivity index is 2.40. The van der Waals surface area contributed by atoms with Gasteiger partial charge in [-0.1, -0.05) is 32.0 Å². The Bertz CT molecular complexity index is 550. The van der Waals surface area contributed by atoms with Crippen LogP contribution >= 0.6 is 11.8 Å². The van der Waals surface area contributed by atoms with Gasteiger partial charge in [0.15, 0.2) is 0 Å². The van der Waals surface area contributed by atoms with E-state index in [0.717, 1.165) is 25.9 Å². The molecule has 1 atom stereocenters. The van der Waals surface area contributed by atoms with Crippen LogP contribution in [0.2, 0.25) is 0 Å². The lowest BCUT2D eigenvalue weighted by atomic mass is 10.0. The standard InChI is InChI=1S/C17H25N3S/c1-4-11-18-17(14-8-6-7-9-16(14)21-3)15-10-12-19-20(15)13-5-2/h6-10,12,17-18H,4-5,11,13H2,1-3H3. The van der Waals surface area contributed by atoms with Crippen LogP contribution in [0.15, 0.2) is 41.4 Å². The molecule has 2 aromatic rings. The van der Waals surface area contributed by atoms with Gasteiger partial charge in [0, 0.05) is 17.6 Å². The molecule has 1 aromatic heterocycles. The Morgan fingerprint density at radius 1 is 1.19 bits per heavy atom. The van der Waals surface area contributed by atoms with Gasteiger partial charge in [0.25, 0.3) is 0 Å². The van der Waals surface area contributed by atoms with Crippen LogP contribution in [0.5, 0.6) is 0 Å². The molecule has 1 heterocycles. The van der Waals surface area contributed by atoms with Crippen molar-refractivity contribution in [2.45, 2.75) is 44.2 Å². The van der Waals surface area contributed by atoms with Crippen molar-refractivity contribution in [2.75, 3.05) is 12.8 Å². The molecule has 1 aromatic carbocycles. The zero-order valence-electron chi connectivity index (χ0n) is 13.2. The first-order valence-electron chi connectivity index (χ1n) is 7.69. The third-order valence-electron chi connectivity index (χ3n) is 3.53. The van der Waals surface area contributed by atoms with E-state index >= 15 is 0 Å². The molecule has 1 N–H and O–H groups in total. The van der Waals surface area contributed by atoms with E-state index < -0.39 is 0 Å². The van der Waals surface area contributed by atoms with Gasteiger partial charge in [-0.2, -0.15) is 5.10 Å². The van der Waals surface area contributed by atoms with Gasteiger partial charge in [0.1, 0.15) is 0 Å². The minimum atomic E-state index is 0.211. The highest BCUT2D eigenvalue weighted by molar-refractivity contribution is 7.98. The Hall–Kier alpha value is -1.26. The van der Waals surface area contributed by atoms with E-state index in [9.17, 15) is 0 Å². The third kappa shape index (κ3) is 3.89. The molecule has 0 radical (unpaired) electrons. The zero-order chi connectivity index (χ0) is 15.1. The fourth-order valence-electron chi connectivity index (χ4n) is 2.55. The number of aromatic nitrogens is 2. The second-order valence-corrected chi connectivity index (χ2v) is 5.96. The lowest BCUT2D eigenvalue weighted by Gasteiger charge is -2.22. The van der Waals surface area contributed by atoms with Gasteiger partial charge in [0.05, 0.1) is 11.7 Å². The topological polar surface area (TPSA) is 29.9 Å². The number of nitrogens with zero attached hydrogens (tertiary/aromatic N) is 2. The molecule has 0 amide bonds. The Labute approximate surface area is 132 Å². The average molecular weight is 303 g/mol. The van der Waals surface area contributed by atoms with Crippen LogP contribution in [-0.4, -0.2) is 22.6 Å². The molecule has 0 aliphatic heterocycles. The monoisotopic (exact) mass is 303 g/mol. The van der Waals surface area contributed by atoms with Crippen LogP contribution in [0.3, 0.4) is 0 Å². The van der Waals surface area contributed by atoms with Crippen LogP contribution in [0.1, 0.15) is 44.0 Å². The van der Waals surface area contributed by atoms with Crippen LogP contribution in [0.25, 0.3) is 0 Å². The summed E-state index contributed by atoms with van der Waals surface area (Å²) in [5.41, 5.74) is 2.60. The van der Waals surface area contributed by atoms with Crippen molar-refractivity contribution >= 4 is 11.8 Å². The summed E-state index contributed by atoms with van der Waals surface area (Å²) < 4.78 is 2.13. The van der Waals surface area contributed by atoms with E-state index in [2.05, 4.69) is 65.5 Å². The Morgan fingerprint density at radius 3 is 2.71 bits per heavy atom. The molecule has 0 aliphatic rings. The normalized spacial score (nSPS) is 12.5. The number of hydrogen-bond donors (Lipinski definition) is 1. The van der Waals surface area contributed by atoms with E-state index in [4.69, 9.17) is 0 Å². The highest BCUT2D eigenvalue weighted by Gasteiger charge is 2.19. The first-order valence-corrected chi connectivity index (χ1v) is 8.92. The molecule has 114 valence electrons. The number of nitrogens with one attached hydrogen (secondary N) is 1. The number of aryl methyl sites for hydroxylation is 1. The summed E-state index contributed by atoms with van der Waals surface area (Å²) >= 11 is 1.80. The highest BCUT2D eigenvalue weighted by atomic mass is 32.2. The second-order valence-electron chi connectivity index (χ2n) is 5.11. The highest BCUT2D eigenvalue weighted by Crippen LogP contribution is 2.30. The molecule has 2 rings (SSSR count). The smallest absolute Gasteiger partial charge is 0.0759 e. The van der Waals surface area contributed by atoms with E-state index in [1.807, 2.05) is 6.20 Å². The third-order valence-corrected chi connectivity index (χ3v) is 4.34. The largest absolute Gasteiger partial charge is 0.305 e. The van der Waals surface area contributed by atoms with Gasteiger partial charge in [-0.05, 0) is 43.3 Å². The maximum Gasteiger partial charge on any atom is 0.0759 e. The molecule has 0 spiro atoms. The fraction of sp³-hybridized carbons (Fsp3) is 0.471. The summed E-state index contributed by atoms with van der Waals surface area (Å²) in [6.45, 7) is 6.36. The molecular weight excluding hydrogens is 278 g/mol. The molecule has 4 heteroatoms. The summed E-state index contributed by atoms with van der Waals surface area (Å²) in [7, 11) is 0. The quantitative estimate of drug-likeness (QED) is 0.745. The van der Waals surface area contributed by atoms with E-state index in [-0.39, 0.29) is 6.04 Å². The van der Waals surface area contributed by atoms with Crippen molar-refractivity contribution in [3.05, 3.63) is 47.8 Å². The average Bonchev–Trinajstić information content (AvgIpc) is 2.97. The predicted octanol–water partition coefficient (Wildman–Crippen LogP) is 4.10. The molecule has 0 bridgehead atoms. The van der Waals surface area contributed by atoms with Crippen molar-refractivity contribution in [1.29, 1.82) is 0 Å². The molecule has 0 saturated carbocycles. The van der Waals surface area contributed by atoms with Crippen molar-refractivity contribution in [2.24, 2.45) is 0 Å². The van der Waals surface area contributed by atoms with Crippen molar-refractivity contribution in [3.63, 3.8) is 0 Å². The Kier molecular flexibility index (Phi) is 6.33. The van der Waals surface area contributed by atoms with E-state index in [1.165, 1.54) is 16.2 Å². The van der Waals surface area contributed by atoms with E-state index in [0.29, 0.717) is 0 Å². The SMILES string of the molecule is CCCNC(c1ccccc1SC)c1ccnn1CCC. The molecular formula is C17H25N3S. The maximum atomic E-state index is 4.49. The van der Waals surface area contributed by atoms with Crippen LogP contribution in [-0.2, 0) is 6.54 Å². The second kappa shape index (κ2) is 8.25. The summed E-state index contributed by atoms with van der Waals surface area (Å²) in [5.74, 6) is 0. The maximum absolute atomic E-state index is 4.49. The Morgan fingerprint density at radius 2 is 2.00 bits per heavy atom. The zero-order valence-corrected chi connectivity index (χ0v) is 14.0. The molecule has 0 saturated heterocycles. The first-order chi connectivity index (χ1) is 10.3. The van der Waals surface area contributed by atoms with Crippen LogP contribution in [0.4, 0.5) is 0 Å². The summed E-state index contributed by atoms with van der Waals surface area (Å²) in [4.78, 5) is 1.33. The molecule has 3 nitrogen and oxygen atoms in total. The number of hydrogen-bond acceptors (Lipinski definition) is 3. The molecule has 1 unspecified atom stereocenters. The van der Waals surface area contributed by atoms with Crippen molar-refractivity contribution < 1.29 is 0 Å². The fourth-order valence-corrected chi connectivity index (χ4v) is 3.19. The molecule has 0 aliphatic carbocycles. The van der Waals surface area contributed by atoms with Crippen LogP contribution in [0, 0.1) is 0 Å². The van der Waals surface area contributed by atoms with Crippen molar-refractivity contribution in [3.8, 4) is 0 Å². The summed E-state index contributed by atoms with van der Waals surface area (Å²) in [6, 6.07) is 11.0. The lowest BCUT2D eigenvalue weighted by molar-refractivity contribution is 0.508. The molecule has 21 heavy (non-hydrogen) atoms. The van der Waals surface area contributed by atoms with Gasteiger partial charge in [-0.3, -0.25) is 4.68 Å². The summed E-state index contributed by atoms with van der Waals surface area (Å²) in [6.07, 6.45) is 6.27. The number of thioether (sulfide) groups is 1. The van der Waals surface area contributed by atoms with Crippen molar-refractivity contribution in [1.82, 2.24) is 15.1 Å². The number of benzene rings is 1. The molecule has 0 fully saturated rings. The number of rotatable bonds is 8. The van der Waals surface area contributed by atoms with Gasteiger partial charge >= 0.3 is 0 Å². The van der Waals surface area contributed by atoms with Gasteiger partial charge in [-0.25, -0.2) is 0 Å². The summed E-state index contributed by atoms with van der Waals surface area (Å²) in [5, 5.41) is 8.17. The minimum absolute atomic E-state index is 0.211. The van der Waals surface area contributed by atoms with Gasteiger partial charge in [0.2, 0.25) is 0 Å². The van der Waals surface area contributed by atoms with Crippen LogP contribution < -0.4 is 5.32 Å². The van der Waals surface area contributed by atoms with Gasteiger partial charge in [-0.15, -0.1) is 11.8 Å². The van der Waals surface area contributed by atoms with Gasteiger partial charge < -0.3 is 5.32 Å². The first kappa shape index (κ1) is 16.1. The predicted molar refractivity (Wildman–Crippen MR) is 90.9 cm³/mol. The van der Waals surface area contributed by atoms with E-state index in [1.54, 1.807) is 11.8 Å². The lowest BCUT2D eigenvalue weighted by Crippen LogP contribution is -2.26.